The number of pyridine rings is 1. The van der Waals surface area contributed by atoms with E-state index in [4.69, 9.17) is 4.74 Å². The lowest BCUT2D eigenvalue weighted by Gasteiger charge is -2.11. The maximum absolute atomic E-state index is 12.4. The highest BCUT2D eigenvalue weighted by Crippen LogP contribution is 2.26. The van der Waals surface area contributed by atoms with E-state index in [0.717, 1.165) is 0 Å². The van der Waals surface area contributed by atoms with E-state index in [1.54, 1.807) is 36.5 Å². The highest BCUT2D eigenvalue weighted by molar-refractivity contribution is 9.11. The first-order chi connectivity index (χ1) is 10.4. The number of hydrogen-bond donors (Lipinski definition) is 1. The number of sulfonamides is 1. The second-order valence-electron chi connectivity index (χ2n) is 4.30. The Morgan fingerprint density at radius 2 is 2.05 bits per heavy atom. The van der Waals surface area contributed by atoms with Crippen molar-refractivity contribution in [3.05, 3.63) is 51.0 Å². The van der Waals surface area contributed by atoms with Crippen LogP contribution in [0.15, 0.2) is 50.4 Å². The molecule has 0 fully saturated rings. The molecule has 0 atom stereocenters. The van der Waals surface area contributed by atoms with E-state index in [-0.39, 0.29) is 11.4 Å². The Hall–Kier alpha value is -0.960. The summed E-state index contributed by atoms with van der Waals surface area (Å²) in [6, 6.07) is 8.49. The zero-order chi connectivity index (χ0) is 16.2. The van der Waals surface area contributed by atoms with Gasteiger partial charge in [-0.1, -0.05) is 22.0 Å². The predicted octanol–water partition coefficient (Wildman–Crippen LogP) is 3.48. The number of aromatic nitrogens is 1. The van der Waals surface area contributed by atoms with Crippen LogP contribution in [0, 0.1) is 0 Å². The fourth-order valence-corrected chi connectivity index (χ4v) is 4.27. The van der Waals surface area contributed by atoms with Crippen LogP contribution in [0.2, 0.25) is 0 Å². The predicted molar refractivity (Wildman–Crippen MR) is 91.3 cm³/mol. The molecule has 0 aliphatic heterocycles. The fourth-order valence-electron chi connectivity index (χ4n) is 1.76. The molecule has 1 aromatic heterocycles. The molecule has 2 rings (SSSR count). The van der Waals surface area contributed by atoms with Gasteiger partial charge in [0.25, 0.3) is 0 Å². The molecule has 8 heteroatoms. The molecule has 0 spiro atoms. The average molecular weight is 450 g/mol. The summed E-state index contributed by atoms with van der Waals surface area (Å²) >= 11 is 6.53. The number of nitrogens with one attached hydrogen (secondary N) is 1. The zero-order valence-corrected chi connectivity index (χ0v) is 15.7. The highest BCUT2D eigenvalue weighted by Gasteiger charge is 2.18. The summed E-state index contributed by atoms with van der Waals surface area (Å²) < 4.78 is 34.0. The van der Waals surface area contributed by atoms with Gasteiger partial charge in [0.15, 0.2) is 0 Å². The molecule has 1 heterocycles. The van der Waals surface area contributed by atoms with Crippen LogP contribution in [-0.2, 0) is 16.6 Å². The quantitative estimate of drug-likeness (QED) is 0.732. The van der Waals surface area contributed by atoms with Crippen LogP contribution in [0.1, 0.15) is 12.5 Å². The summed E-state index contributed by atoms with van der Waals surface area (Å²) in [5.41, 5.74) is 0.680. The molecule has 0 amide bonds. The van der Waals surface area contributed by atoms with Crippen LogP contribution in [0.25, 0.3) is 0 Å². The Morgan fingerprint density at radius 1 is 1.27 bits per heavy atom. The first-order valence-electron chi connectivity index (χ1n) is 6.45. The Kier molecular flexibility index (Phi) is 5.96. The van der Waals surface area contributed by atoms with Gasteiger partial charge in [-0.05, 0) is 47.1 Å². The van der Waals surface area contributed by atoms with Crippen molar-refractivity contribution in [3.8, 4) is 5.88 Å². The normalized spacial score (nSPS) is 11.4. The molecule has 118 valence electrons. The van der Waals surface area contributed by atoms with Crippen molar-refractivity contribution in [2.24, 2.45) is 0 Å². The number of rotatable bonds is 6. The third-order valence-corrected chi connectivity index (χ3v) is 5.65. The van der Waals surface area contributed by atoms with E-state index in [9.17, 15) is 8.42 Å². The number of hydrogen-bond acceptors (Lipinski definition) is 4. The molecule has 0 saturated heterocycles. The Balaban J connectivity index is 2.22. The number of nitrogens with zero attached hydrogens (tertiary/aromatic N) is 1. The summed E-state index contributed by atoms with van der Waals surface area (Å²) in [5, 5.41) is 0. The Bertz CT molecular complexity index is 766. The van der Waals surface area contributed by atoms with E-state index in [2.05, 4.69) is 41.6 Å². The largest absolute Gasteiger partial charge is 0.478 e. The SMILES string of the molecule is CCOc1ncccc1CNS(=O)(=O)c1cc(Br)ccc1Br. The van der Waals surface area contributed by atoms with Gasteiger partial charge in [-0.3, -0.25) is 0 Å². The molecular weight excluding hydrogens is 436 g/mol. The zero-order valence-electron chi connectivity index (χ0n) is 11.7. The second-order valence-corrected chi connectivity index (χ2v) is 7.81. The molecule has 5 nitrogen and oxygen atoms in total. The van der Waals surface area contributed by atoms with Gasteiger partial charge in [0.2, 0.25) is 15.9 Å². The van der Waals surface area contributed by atoms with Crippen LogP contribution in [0.4, 0.5) is 0 Å². The van der Waals surface area contributed by atoms with Crippen molar-refractivity contribution in [2.45, 2.75) is 18.4 Å². The van der Waals surface area contributed by atoms with Crippen LogP contribution in [-0.4, -0.2) is 20.0 Å². The van der Waals surface area contributed by atoms with E-state index in [1.807, 2.05) is 6.92 Å². The van der Waals surface area contributed by atoms with E-state index >= 15 is 0 Å². The molecule has 22 heavy (non-hydrogen) atoms. The lowest BCUT2D eigenvalue weighted by molar-refractivity contribution is 0.322. The van der Waals surface area contributed by atoms with Gasteiger partial charge in [-0.15, -0.1) is 0 Å². The van der Waals surface area contributed by atoms with Gasteiger partial charge >= 0.3 is 0 Å². The molecular formula is C14H14Br2N2O3S. The minimum atomic E-state index is -3.65. The van der Waals surface area contributed by atoms with Gasteiger partial charge in [0.05, 0.1) is 11.5 Å². The van der Waals surface area contributed by atoms with Crippen LogP contribution >= 0.6 is 31.9 Å². The first kappa shape index (κ1) is 17.4. The van der Waals surface area contributed by atoms with Gasteiger partial charge in [0.1, 0.15) is 0 Å². The van der Waals surface area contributed by atoms with Crippen LogP contribution in [0.5, 0.6) is 5.88 Å². The highest BCUT2D eigenvalue weighted by atomic mass is 79.9. The average Bonchev–Trinajstić information content (AvgIpc) is 2.49. The second kappa shape index (κ2) is 7.54. The van der Waals surface area contributed by atoms with Gasteiger partial charge < -0.3 is 4.74 Å². The molecule has 0 aliphatic carbocycles. The number of benzene rings is 1. The minimum Gasteiger partial charge on any atom is -0.478 e. The summed E-state index contributed by atoms with van der Waals surface area (Å²) in [6.07, 6.45) is 1.61. The Morgan fingerprint density at radius 3 is 2.77 bits per heavy atom. The van der Waals surface area contributed by atoms with Crippen LogP contribution in [0.3, 0.4) is 0 Å². The smallest absolute Gasteiger partial charge is 0.242 e. The minimum absolute atomic E-state index is 0.102. The maximum Gasteiger partial charge on any atom is 0.242 e. The molecule has 0 aliphatic rings. The van der Waals surface area contributed by atoms with E-state index in [1.165, 1.54) is 0 Å². The fraction of sp³-hybridized carbons (Fsp3) is 0.214. The molecule has 0 radical (unpaired) electrons. The van der Waals surface area contributed by atoms with Crippen molar-refractivity contribution in [1.29, 1.82) is 0 Å². The maximum atomic E-state index is 12.4. The summed E-state index contributed by atoms with van der Waals surface area (Å²) in [4.78, 5) is 4.27. The van der Waals surface area contributed by atoms with Crippen molar-refractivity contribution < 1.29 is 13.2 Å². The first-order valence-corrected chi connectivity index (χ1v) is 9.52. The molecule has 2 aromatic rings. The third kappa shape index (κ3) is 4.28. The summed E-state index contributed by atoms with van der Waals surface area (Å²) in [7, 11) is -3.65. The lowest BCUT2D eigenvalue weighted by atomic mass is 10.3. The van der Waals surface area contributed by atoms with Gasteiger partial charge in [-0.25, -0.2) is 18.1 Å². The standard InChI is InChI=1S/C14H14Br2N2O3S/c1-2-21-14-10(4-3-7-17-14)9-18-22(19,20)13-8-11(15)5-6-12(13)16/h3-8,18H,2,9H2,1H3. The number of halogens is 2. The summed E-state index contributed by atoms with van der Waals surface area (Å²) in [6.45, 7) is 2.42. The molecule has 0 bridgehead atoms. The molecule has 0 saturated carbocycles. The van der Waals surface area contributed by atoms with Gasteiger partial charge in [-0.2, -0.15) is 0 Å². The van der Waals surface area contributed by atoms with E-state index < -0.39 is 10.0 Å². The van der Waals surface area contributed by atoms with Crippen molar-refractivity contribution in [1.82, 2.24) is 9.71 Å². The molecule has 1 aromatic carbocycles. The van der Waals surface area contributed by atoms with Crippen molar-refractivity contribution in [3.63, 3.8) is 0 Å². The number of ether oxygens (including phenoxy) is 1. The van der Waals surface area contributed by atoms with Gasteiger partial charge in [0, 0.05) is 27.3 Å². The van der Waals surface area contributed by atoms with E-state index in [0.29, 0.717) is 27.0 Å². The lowest BCUT2D eigenvalue weighted by Crippen LogP contribution is -2.24. The molecule has 1 N–H and O–H groups in total. The monoisotopic (exact) mass is 448 g/mol. The Labute approximate surface area is 146 Å². The van der Waals surface area contributed by atoms with Crippen molar-refractivity contribution in [2.75, 3.05) is 6.61 Å². The topological polar surface area (TPSA) is 68.3 Å². The van der Waals surface area contributed by atoms with Crippen molar-refractivity contribution >= 4 is 41.9 Å². The third-order valence-electron chi connectivity index (χ3n) is 2.77. The molecule has 0 unspecified atom stereocenters. The summed E-state index contributed by atoms with van der Waals surface area (Å²) in [5.74, 6) is 0.431. The van der Waals surface area contributed by atoms with Crippen LogP contribution < -0.4 is 9.46 Å².